The normalized spacial score (nSPS) is 16.1. The van der Waals surface area contributed by atoms with E-state index in [2.05, 4.69) is 31.9 Å². The van der Waals surface area contributed by atoms with E-state index in [0.29, 0.717) is 21.4 Å². The van der Waals surface area contributed by atoms with E-state index in [0.717, 1.165) is 0 Å². The quantitative estimate of drug-likeness (QED) is 0.425. The van der Waals surface area contributed by atoms with Crippen LogP contribution >= 0.6 is 15.9 Å². The highest BCUT2D eigenvalue weighted by atomic mass is 79.9. The topological polar surface area (TPSA) is 115 Å². The summed E-state index contributed by atoms with van der Waals surface area (Å²) >= 11 is 3.43. The van der Waals surface area contributed by atoms with E-state index in [-0.39, 0.29) is 23.7 Å². The van der Waals surface area contributed by atoms with Gasteiger partial charge in [0.2, 0.25) is 0 Å². The highest BCUT2D eigenvalue weighted by Crippen LogP contribution is 2.41. The van der Waals surface area contributed by atoms with Gasteiger partial charge in [-0.05, 0) is 78.7 Å². The van der Waals surface area contributed by atoms with Crippen LogP contribution in [0, 0.1) is 5.82 Å². The average Bonchev–Trinajstić information content (AvgIpc) is 2.81. The minimum Gasteiger partial charge on any atom is -0.493 e. The molecule has 0 saturated heterocycles. The van der Waals surface area contributed by atoms with Gasteiger partial charge in [0.15, 0.2) is 17.6 Å². The highest BCUT2D eigenvalue weighted by molar-refractivity contribution is 9.10. The van der Waals surface area contributed by atoms with Crippen molar-refractivity contribution in [3.05, 3.63) is 63.5 Å². The molecule has 1 aliphatic heterocycles. The molecular formula is C24H25BrFN3O6. The van der Waals surface area contributed by atoms with Crippen LogP contribution in [-0.2, 0) is 14.3 Å². The van der Waals surface area contributed by atoms with Crippen molar-refractivity contribution in [2.45, 2.75) is 32.9 Å². The van der Waals surface area contributed by atoms with Crippen LogP contribution in [0.3, 0.4) is 0 Å². The molecule has 0 fully saturated rings. The first-order valence-corrected chi connectivity index (χ1v) is 11.5. The lowest BCUT2D eigenvalue weighted by molar-refractivity contribution is -0.150. The predicted octanol–water partition coefficient (Wildman–Crippen LogP) is 4.19. The molecule has 11 heteroatoms. The lowest BCUT2D eigenvalue weighted by atomic mass is 9.94. The van der Waals surface area contributed by atoms with Gasteiger partial charge in [-0.15, -0.1) is 0 Å². The third-order valence-corrected chi connectivity index (χ3v) is 5.70. The van der Waals surface area contributed by atoms with E-state index in [9.17, 15) is 18.8 Å². The minimum atomic E-state index is -0.899. The minimum absolute atomic E-state index is 0.216. The van der Waals surface area contributed by atoms with Crippen LogP contribution in [0.2, 0.25) is 0 Å². The summed E-state index contributed by atoms with van der Waals surface area (Å²) in [5.41, 5.74) is 1.51. The molecule has 3 N–H and O–H groups in total. The zero-order valence-electron chi connectivity index (χ0n) is 19.5. The van der Waals surface area contributed by atoms with Crippen LogP contribution in [0.25, 0.3) is 0 Å². The van der Waals surface area contributed by atoms with Gasteiger partial charge in [0.05, 0.1) is 29.8 Å². The largest absolute Gasteiger partial charge is 0.493 e. The fraction of sp³-hybridized carbons (Fsp3) is 0.292. The van der Waals surface area contributed by atoms with Crippen molar-refractivity contribution in [2.75, 3.05) is 19.0 Å². The van der Waals surface area contributed by atoms with Crippen LogP contribution < -0.4 is 25.4 Å². The third kappa shape index (κ3) is 6.10. The number of carbonyl (C=O) groups is 3. The van der Waals surface area contributed by atoms with Gasteiger partial charge < -0.3 is 30.2 Å². The van der Waals surface area contributed by atoms with Crippen molar-refractivity contribution in [3.8, 4) is 11.5 Å². The summed E-state index contributed by atoms with van der Waals surface area (Å²) in [6, 6.07) is 7.26. The lowest BCUT2D eigenvalue weighted by Crippen LogP contribution is -2.46. The third-order valence-electron chi connectivity index (χ3n) is 5.11. The second kappa shape index (κ2) is 11.2. The number of hydrogen-bond acceptors (Lipinski definition) is 6. The first-order chi connectivity index (χ1) is 16.6. The maximum absolute atomic E-state index is 13.2. The Bertz CT molecular complexity index is 1170. The summed E-state index contributed by atoms with van der Waals surface area (Å²) < 4.78 is 29.9. The Morgan fingerprint density at radius 2 is 1.91 bits per heavy atom. The molecule has 2 unspecified atom stereocenters. The number of benzene rings is 2. The fourth-order valence-electron chi connectivity index (χ4n) is 3.48. The molecule has 1 heterocycles. The van der Waals surface area contributed by atoms with Gasteiger partial charge in [0.1, 0.15) is 5.82 Å². The number of halogens is 2. The Balaban J connectivity index is 1.96. The molecule has 2 aromatic rings. The fourth-order valence-corrected chi connectivity index (χ4v) is 4.04. The molecule has 0 radical (unpaired) electrons. The second-order valence-corrected chi connectivity index (χ2v) is 8.43. The Morgan fingerprint density at radius 3 is 2.54 bits per heavy atom. The number of amides is 3. The van der Waals surface area contributed by atoms with Gasteiger partial charge in [-0.25, -0.2) is 14.0 Å². The van der Waals surface area contributed by atoms with Gasteiger partial charge in [0, 0.05) is 11.4 Å². The van der Waals surface area contributed by atoms with Gasteiger partial charge >= 0.3 is 12.0 Å². The summed E-state index contributed by atoms with van der Waals surface area (Å²) in [6.45, 7) is 5.07. The molecule has 1 aliphatic rings. The van der Waals surface area contributed by atoms with E-state index < -0.39 is 35.9 Å². The van der Waals surface area contributed by atoms with E-state index >= 15 is 0 Å². The average molecular weight is 550 g/mol. The SMILES string of the molecule is CCOC(=O)C(C)Oc1c(Br)cc(C2NC(=O)NC(C)=C2C(=O)Nc2ccc(F)cc2)cc1OC. The summed E-state index contributed by atoms with van der Waals surface area (Å²) in [6.07, 6.45) is -0.899. The Labute approximate surface area is 210 Å². The maximum Gasteiger partial charge on any atom is 0.347 e. The van der Waals surface area contributed by atoms with E-state index in [1.165, 1.54) is 31.4 Å². The number of rotatable bonds is 8. The Kier molecular flexibility index (Phi) is 8.34. The highest BCUT2D eigenvalue weighted by Gasteiger charge is 2.33. The van der Waals surface area contributed by atoms with Gasteiger partial charge in [-0.1, -0.05) is 0 Å². The molecule has 3 rings (SSSR count). The molecule has 186 valence electrons. The molecule has 0 bridgehead atoms. The summed E-state index contributed by atoms with van der Waals surface area (Å²) in [5, 5.41) is 8.06. The number of nitrogens with one attached hydrogen (secondary N) is 3. The molecule has 3 amide bonds. The Morgan fingerprint density at radius 1 is 1.23 bits per heavy atom. The van der Waals surface area contributed by atoms with Crippen LogP contribution in [0.15, 0.2) is 52.1 Å². The molecule has 35 heavy (non-hydrogen) atoms. The molecular weight excluding hydrogens is 525 g/mol. The predicted molar refractivity (Wildman–Crippen MR) is 130 cm³/mol. The van der Waals surface area contributed by atoms with Gasteiger partial charge in [-0.3, -0.25) is 4.79 Å². The first kappa shape index (κ1) is 26.0. The molecule has 2 atom stereocenters. The number of methoxy groups -OCH3 is 1. The van der Waals surface area contributed by atoms with Crippen molar-refractivity contribution in [1.29, 1.82) is 0 Å². The monoisotopic (exact) mass is 549 g/mol. The number of carbonyl (C=O) groups excluding carboxylic acids is 3. The second-order valence-electron chi connectivity index (χ2n) is 7.58. The summed E-state index contributed by atoms with van der Waals surface area (Å²) in [7, 11) is 1.43. The van der Waals surface area contributed by atoms with Crippen LogP contribution in [0.4, 0.5) is 14.9 Å². The van der Waals surface area contributed by atoms with Crippen molar-refractivity contribution < 1.29 is 33.0 Å². The number of hydrogen-bond donors (Lipinski definition) is 3. The van der Waals surface area contributed by atoms with Gasteiger partial charge in [-0.2, -0.15) is 0 Å². The Hall–Kier alpha value is -3.60. The smallest absolute Gasteiger partial charge is 0.347 e. The molecule has 9 nitrogen and oxygen atoms in total. The van der Waals surface area contributed by atoms with Crippen LogP contribution in [-0.4, -0.2) is 37.7 Å². The summed E-state index contributed by atoms with van der Waals surface area (Å²) in [5.74, 6) is -0.920. The lowest BCUT2D eigenvalue weighted by Gasteiger charge is -2.29. The van der Waals surface area contributed by atoms with Crippen molar-refractivity contribution in [3.63, 3.8) is 0 Å². The van der Waals surface area contributed by atoms with Crippen molar-refractivity contribution in [2.24, 2.45) is 0 Å². The zero-order chi connectivity index (χ0) is 25.7. The van der Waals surface area contributed by atoms with Crippen molar-refractivity contribution >= 4 is 39.5 Å². The van der Waals surface area contributed by atoms with E-state index in [1.54, 1.807) is 32.9 Å². The molecule has 0 aliphatic carbocycles. The molecule has 0 saturated carbocycles. The molecule has 0 spiro atoms. The number of urea groups is 1. The zero-order valence-corrected chi connectivity index (χ0v) is 21.1. The van der Waals surface area contributed by atoms with Crippen molar-refractivity contribution in [1.82, 2.24) is 10.6 Å². The number of allylic oxidation sites excluding steroid dienone is 1. The number of ether oxygens (including phenoxy) is 3. The summed E-state index contributed by atoms with van der Waals surface area (Å²) in [4.78, 5) is 37.4. The van der Waals surface area contributed by atoms with E-state index in [4.69, 9.17) is 14.2 Å². The van der Waals surface area contributed by atoms with E-state index in [1.807, 2.05) is 0 Å². The van der Waals surface area contributed by atoms with Gasteiger partial charge in [0.25, 0.3) is 5.91 Å². The van der Waals surface area contributed by atoms with Crippen LogP contribution in [0.1, 0.15) is 32.4 Å². The standard InChI is InChI=1S/C24H25BrFN3O6/c1-5-34-23(31)13(3)35-21-17(25)10-14(11-18(21)33-4)20-19(12(2)27-24(32)29-20)22(30)28-16-8-6-15(26)7-9-16/h6-11,13,20H,5H2,1-4H3,(H,28,30)(H2,27,29,32). The van der Waals surface area contributed by atoms with Crippen LogP contribution in [0.5, 0.6) is 11.5 Å². The molecule has 0 aromatic heterocycles. The first-order valence-electron chi connectivity index (χ1n) is 10.7. The molecule has 2 aromatic carbocycles. The maximum atomic E-state index is 13.2. The number of anilines is 1. The number of esters is 1.